The number of nitrogens with zero attached hydrogens (tertiary/aromatic N) is 2. The van der Waals surface area contributed by atoms with Crippen molar-refractivity contribution in [3.63, 3.8) is 0 Å². The molecule has 0 atom stereocenters. The van der Waals surface area contributed by atoms with Gasteiger partial charge < -0.3 is 0 Å². The maximum absolute atomic E-state index is 4.17. The van der Waals surface area contributed by atoms with Crippen molar-refractivity contribution in [2.75, 3.05) is 7.05 Å². The zero-order chi connectivity index (χ0) is 10.3. The zero-order valence-electron chi connectivity index (χ0n) is 9.13. The normalized spacial score (nSPS) is 21.2. The van der Waals surface area contributed by atoms with Crippen molar-refractivity contribution in [3.05, 3.63) is 23.3 Å². The van der Waals surface area contributed by atoms with Crippen molar-refractivity contribution in [3.8, 4) is 0 Å². The smallest absolute Gasteiger partial charge is 0.153 e. The van der Waals surface area contributed by atoms with E-state index in [4.69, 9.17) is 0 Å². The summed E-state index contributed by atoms with van der Waals surface area (Å²) in [6.07, 6.45) is 5.92. The molecule has 1 aliphatic rings. The molecule has 2 nitrogen and oxygen atoms in total. The maximum atomic E-state index is 4.17. The van der Waals surface area contributed by atoms with Crippen LogP contribution >= 0.6 is 0 Å². The first-order valence-electron chi connectivity index (χ1n) is 4.63. The summed E-state index contributed by atoms with van der Waals surface area (Å²) >= 11 is 0. The molecule has 0 aromatic rings. The predicted octanol–water partition coefficient (Wildman–Crippen LogP) is 3.02. The van der Waals surface area contributed by atoms with E-state index in [1.54, 1.807) is 7.05 Å². The fraction of sp³-hybridized carbons (Fsp3) is 0.455. The second-order valence-corrected chi connectivity index (χ2v) is 2.44. The summed E-state index contributed by atoms with van der Waals surface area (Å²) in [5.74, 6) is 0.818. The molecule has 1 heterocycles. The Bertz CT molecular complexity index is 268. The topological polar surface area (TPSA) is 24.7 Å². The first-order valence-corrected chi connectivity index (χ1v) is 4.63. The molecule has 0 aliphatic carbocycles. The van der Waals surface area contributed by atoms with Crippen molar-refractivity contribution in [1.29, 1.82) is 0 Å². The van der Waals surface area contributed by atoms with E-state index in [1.807, 2.05) is 40.0 Å². The molecule has 0 amide bonds. The van der Waals surface area contributed by atoms with Gasteiger partial charge in [0.25, 0.3) is 0 Å². The Morgan fingerprint density at radius 3 is 2.46 bits per heavy atom. The van der Waals surface area contributed by atoms with Crippen LogP contribution in [0.3, 0.4) is 0 Å². The zero-order valence-corrected chi connectivity index (χ0v) is 9.13. The van der Waals surface area contributed by atoms with Gasteiger partial charge in [-0.25, -0.2) is 4.99 Å². The minimum Gasteiger partial charge on any atom is -0.270 e. The average molecular weight is 178 g/mol. The van der Waals surface area contributed by atoms with E-state index in [2.05, 4.69) is 16.1 Å². The largest absolute Gasteiger partial charge is 0.270 e. The molecule has 2 heteroatoms. The number of rotatable bonds is 0. The highest BCUT2D eigenvalue weighted by Crippen LogP contribution is 2.09. The van der Waals surface area contributed by atoms with Crippen LogP contribution in [-0.4, -0.2) is 19.1 Å². The third-order valence-corrected chi connectivity index (χ3v) is 1.55. The summed E-state index contributed by atoms with van der Waals surface area (Å²) in [7, 11) is 1.75. The molecule has 72 valence electrons. The Hall–Kier alpha value is -1.18. The summed E-state index contributed by atoms with van der Waals surface area (Å²) in [4.78, 5) is 8.21. The van der Waals surface area contributed by atoms with Crippen molar-refractivity contribution < 1.29 is 0 Å². The Morgan fingerprint density at radius 1 is 1.38 bits per heavy atom. The summed E-state index contributed by atoms with van der Waals surface area (Å²) in [6.45, 7) is 8.02. The third-order valence-electron chi connectivity index (χ3n) is 1.55. The molecule has 0 spiro atoms. The van der Waals surface area contributed by atoms with Crippen LogP contribution in [0.2, 0.25) is 0 Å². The van der Waals surface area contributed by atoms with Crippen LogP contribution in [0.4, 0.5) is 0 Å². The molecule has 0 saturated heterocycles. The molecule has 0 radical (unpaired) electrons. The van der Waals surface area contributed by atoms with Gasteiger partial charge in [-0.05, 0) is 25.5 Å². The summed E-state index contributed by atoms with van der Waals surface area (Å²) in [5, 5.41) is 0. The summed E-state index contributed by atoms with van der Waals surface area (Å²) in [6, 6.07) is 0. The molecule has 0 aromatic carbocycles. The third kappa shape index (κ3) is 3.36. The van der Waals surface area contributed by atoms with Crippen LogP contribution in [0.15, 0.2) is 33.3 Å². The quantitative estimate of drug-likeness (QED) is 0.544. The van der Waals surface area contributed by atoms with E-state index in [1.165, 1.54) is 5.57 Å². The van der Waals surface area contributed by atoms with Gasteiger partial charge in [0.2, 0.25) is 0 Å². The van der Waals surface area contributed by atoms with E-state index in [-0.39, 0.29) is 0 Å². The van der Waals surface area contributed by atoms with Gasteiger partial charge in [-0.1, -0.05) is 19.9 Å². The highest BCUT2D eigenvalue weighted by Gasteiger charge is 2.04. The Morgan fingerprint density at radius 2 is 2.00 bits per heavy atom. The van der Waals surface area contributed by atoms with E-state index < -0.39 is 0 Å². The van der Waals surface area contributed by atoms with Gasteiger partial charge in [0.05, 0.1) is 0 Å². The lowest BCUT2D eigenvalue weighted by molar-refractivity contribution is 1.36. The second kappa shape index (κ2) is 6.35. The van der Waals surface area contributed by atoms with Gasteiger partial charge in [0.15, 0.2) is 5.84 Å². The maximum Gasteiger partial charge on any atom is 0.153 e. The molecule has 1 rings (SSSR count). The number of aliphatic imine (C=N–C) groups is 2. The minimum absolute atomic E-state index is 0.818. The first kappa shape index (κ1) is 11.8. The number of hydrogen-bond donors (Lipinski definition) is 0. The predicted molar refractivity (Wildman–Crippen MR) is 60.7 cm³/mol. The van der Waals surface area contributed by atoms with Crippen molar-refractivity contribution >= 4 is 12.1 Å². The molecule has 0 N–H and O–H groups in total. The monoisotopic (exact) mass is 178 g/mol. The Balaban J connectivity index is 0.000000671. The fourth-order valence-electron chi connectivity index (χ4n) is 0.984. The van der Waals surface area contributed by atoms with Crippen molar-refractivity contribution in [1.82, 2.24) is 0 Å². The molecule has 0 fully saturated rings. The van der Waals surface area contributed by atoms with Crippen LogP contribution in [0.1, 0.15) is 27.7 Å². The average Bonchev–Trinajstić information content (AvgIpc) is 2.20. The lowest BCUT2D eigenvalue weighted by Gasteiger charge is -2.06. The van der Waals surface area contributed by atoms with Gasteiger partial charge in [-0.15, -0.1) is 0 Å². The molecular formula is C11H18N2. The van der Waals surface area contributed by atoms with E-state index in [9.17, 15) is 0 Å². The van der Waals surface area contributed by atoms with Gasteiger partial charge >= 0.3 is 0 Å². The minimum atomic E-state index is 0.818. The summed E-state index contributed by atoms with van der Waals surface area (Å²) in [5.41, 5.74) is 2.28. The molecule has 0 aromatic heterocycles. The van der Waals surface area contributed by atoms with E-state index in [0.29, 0.717) is 0 Å². The highest BCUT2D eigenvalue weighted by molar-refractivity contribution is 6.09. The van der Waals surface area contributed by atoms with Crippen LogP contribution < -0.4 is 0 Å². The fourth-order valence-corrected chi connectivity index (χ4v) is 0.984. The second-order valence-electron chi connectivity index (χ2n) is 2.44. The van der Waals surface area contributed by atoms with Crippen LogP contribution in [0, 0.1) is 0 Å². The van der Waals surface area contributed by atoms with Gasteiger partial charge in [0, 0.05) is 18.8 Å². The first-order chi connectivity index (χ1) is 6.27. The SMILES string of the molecule is C/C=C1/C=C(C)C=NC1=NC.CC. The standard InChI is InChI=1S/C9H12N2.C2H6/c1-4-8-5-7(2)6-11-9(8)10-3;1-2/h4-6H,1-3H3;1-2H3/b8-4-,10-9?;. The number of allylic oxidation sites excluding steroid dienone is 2. The van der Waals surface area contributed by atoms with Gasteiger partial charge in [-0.3, -0.25) is 4.99 Å². The molecule has 0 bridgehead atoms. The lowest BCUT2D eigenvalue weighted by Crippen LogP contribution is -2.03. The van der Waals surface area contributed by atoms with Crippen molar-refractivity contribution in [2.24, 2.45) is 9.98 Å². The van der Waals surface area contributed by atoms with Crippen LogP contribution in [-0.2, 0) is 0 Å². The number of dihydropyridines is 1. The molecule has 0 saturated carbocycles. The molecular weight excluding hydrogens is 160 g/mol. The lowest BCUT2D eigenvalue weighted by atomic mass is 10.1. The number of hydrogen-bond acceptors (Lipinski definition) is 1. The number of amidine groups is 1. The Labute approximate surface area is 80.8 Å². The Kier molecular flexibility index (Phi) is 5.77. The molecule has 13 heavy (non-hydrogen) atoms. The van der Waals surface area contributed by atoms with E-state index in [0.717, 1.165) is 11.4 Å². The molecule has 1 aliphatic heterocycles. The summed E-state index contributed by atoms with van der Waals surface area (Å²) < 4.78 is 0. The van der Waals surface area contributed by atoms with Crippen molar-refractivity contribution in [2.45, 2.75) is 27.7 Å². The highest BCUT2D eigenvalue weighted by atomic mass is 14.9. The van der Waals surface area contributed by atoms with Gasteiger partial charge in [0.1, 0.15) is 0 Å². The van der Waals surface area contributed by atoms with Gasteiger partial charge in [-0.2, -0.15) is 0 Å². The van der Waals surface area contributed by atoms with Crippen LogP contribution in [0.25, 0.3) is 0 Å². The molecule has 0 unspecified atom stereocenters. The van der Waals surface area contributed by atoms with Crippen LogP contribution in [0.5, 0.6) is 0 Å². The van der Waals surface area contributed by atoms with E-state index >= 15 is 0 Å².